The minimum absolute atomic E-state index is 0.311. The Morgan fingerprint density at radius 1 is 1.65 bits per heavy atom. The Labute approximate surface area is 120 Å². The number of nitrogens with two attached hydrogens (primary N) is 1. The number of halogens is 2. The van der Waals surface area contributed by atoms with Gasteiger partial charge in [0.2, 0.25) is 0 Å². The van der Waals surface area contributed by atoms with Crippen molar-refractivity contribution >= 4 is 38.9 Å². The fourth-order valence-electron chi connectivity index (χ4n) is 2.39. The van der Waals surface area contributed by atoms with E-state index in [2.05, 4.69) is 40.7 Å². The summed E-state index contributed by atoms with van der Waals surface area (Å²) in [5.74, 6) is 0. The Kier molecular flexibility index (Phi) is 4.20. The lowest BCUT2D eigenvalue weighted by atomic mass is 9.93. The van der Waals surface area contributed by atoms with E-state index in [9.17, 15) is 0 Å². The second-order valence-corrected chi connectivity index (χ2v) is 7.95. The summed E-state index contributed by atoms with van der Waals surface area (Å²) in [6.45, 7) is 7.53. The average molecular weight is 338 g/mol. The molecule has 0 saturated carbocycles. The number of thiophene rings is 1. The van der Waals surface area contributed by atoms with Crippen LogP contribution < -0.4 is 5.73 Å². The van der Waals surface area contributed by atoms with E-state index in [0.717, 1.165) is 21.9 Å². The molecule has 1 fully saturated rings. The zero-order chi connectivity index (χ0) is 12.6. The van der Waals surface area contributed by atoms with Crippen molar-refractivity contribution in [3.8, 4) is 0 Å². The Morgan fingerprint density at radius 3 is 2.76 bits per heavy atom. The molecule has 1 atom stereocenters. The van der Waals surface area contributed by atoms with Crippen LogP contribution in [0.5, 0.6) is 0 Å². The van der Waals surface area contributed by atoms with Crippen molar-refractivity contribution < 1.29 is 0 Å². The smallest absolute Gasteiger partial charge is 0.107 e. The summed E-state index contributed by atoms with van der Waals surface area (Å²) in [6.07, 6.45) is 1.24. The zero-order valence-corrected chi connectivity index (χ0v) is 13.3. The first-order chi connectivity index (χ1) is 7.93. The maximum Gasteiger partial charge on any atom is 0.107 e. The number of likely N-dealkylation sites (tertiary alicyclic amines) is 1. The molecule has 2 heterocycles. The average Bonchev–Trinajstić information content (AvgIpc) is 2.73. The van der Waals surface area contributed by atoms with Gasteiger partial charge in [-0.3, -0.25) is 4.90 Å². The highest BCUT2D eigenvalue weighted by Crippen LogP contribution is 2.40. The van der Waals surface area contributed by atoms with E-state index in [1.54, 1.807) is 11.3 Å². The standard InChI is InChI=1S/C12H18BrClN2S/c1-12(2)3-4-16(7-12)9(6-15)10-5-8(13)11(14)17-10/h5,9H,3-4,6-7,15H2,1-2H3. The van der Waals surface area contributed by atoms with Gasteiger partial charge >= 0.3 is 0 Å². The molecule has 1 saturated heterocycles. The molecule has 5 heteroatoms. The SMILES string of the molecule is CC1(C)CCN(C(CN)c2cc(Br)c(Cl)s2)C1. The first kappa shape index (κ1) is 13.8. The van der Waals surface area contributed by atoms with Gasteiger partial charge in [-0.05, 0) is 40.4 Å². The molecule has 1 aromatic rings. The van der Waals surface area contributed by atoms with E-state index in [0.29, 0.717) is 18.0 Å². The fraction of sp³-hybridized carbons (Fsp3) is 0.667. The summed E-state index contributed by atoms with van der Waals surface area (Å²) < 4.78 is 1.80. The molecule has 17 heavy (non-hydrogen) atoms. The zero-order valence-electron chi connectivity index (χ0n) is 10.2. The van der Waals surface area contributed by atoms with Crippen molar-refractivity contribution in [1.29, 1.82) is 0 Å². The van der Waals surface area contributed by atoms with Crippen molar-refractivity contribution in [3.63, 3.8) is 0 Å². The van der Waals surface area contributed by atoms with E-state index in [4.69, 9.17) is 17.3 Å². The summed E-state index contributed by atoms with van der Waals surface area (Å²) in [5.41, 5.74) is 6.35. The molecule has 2 rings (SSSR count). The molecule has 1 aliphatic rings. The van der Waals surface area contributed by atoms with Crippen molar-refractivity contribution in [2.75, 3.05) is 19.6 Å². The lowest BCUT2D eigenvalue weighted by molar-refractivity contribution is 0.226. The Balaban J connectivity index is 2.17. The van der Waals surface area contributed by atoms with Crippen LogP contribution in [0.1, 0.15) is 31.2 Å². The predicted molar refractivity (Wildman–Crippen MR) is 78.8 cm³/mol. The summed E-state index contributed by atoms with van der Waals surface area (Å²) >= 11 is 11.2. The highest BCUT2D eigenvalue weighted by Gasteiger charge is 2.34. The molecule has 2 N–H and O–H groups in total. The van der Waals surface area contributed by atoms with Gasteiger partial charge in [0.15, 0.2) is 0 Å². The first-order valence-corrected chi connectivity index (χ1v) is 7.80. The van der Waals surface area contributed by atoms with Crippen LogP contribution in [0.25, 0.3) is 0 Å². The minimum Gasteiger partial charge on any atom is -0.329 e. The molecular formula is C12H18BrClN2S. The highest BCUT2D eigenvalue weighted by molar-refractivity contribution is 9.10. The van der Waals surface area contributed by atoms with Crippen LogP contribution in [0.2, 0.25) is 4.34 Å². The molecular weight excluding hydrogens is 320 g/mol. The van der Waals surface area contributed by atoms with Crippen LogP contribution in [0, 0.1) is 5.41 Å². The minimum atomic E-state index is 0.311. The van der Waals surface area contributed by atoms with E-state index >= 15 is 0 Å². The molecule has 0 aromatic carbocycles. The predicted octanol–water partition coefficient (Wildman–Crippen LogP) is 3.90. The summed E-state index contributed by atoms with van der Waals surface area (Å²) in [7, 11) is 0. The second-order valence-electron chi connectivity index (χ2n) is 5.41. The van der Waals surface area contributed by atoms with Gasteiger partial charge < -0.3 is 5.73 Å². The van der Waals surface area contributed by atoms with Gasteiger partial charge in [0.1, 0.15) is 4.34 Å². The number of nitrogens with zero attached hydrogens (tertiary/aromatic N) is 1. The fourth-order valence-corrected chi connectivity index (χ4v) is 4.28. The summed E-state index contributed by atoms with van der Waals surface area (Å²) in [6, 6.07) is 2.42. The van der Waals surface area contributed by atoms with Crippen LogP contribution >= 0.6 is 38.9 Å². The van der Waals surface area contributed by atoms with E-state index in [1.165, 1.54) is 11.3 Å². The lowest BCUT2D eigenvalue weighted by Gasteiger charge is -2.27. The molecule has 0 amide bonds. The second kappa shape index (κ2) is 5.17. The molecule has 1 aromatic heterocycles. The third-order valence-electron chi connectivity index (χ3n) is 3.36. The molecule has 96 valence electrons. The third-order valence-corrected chi connectivity index (χ3v) is 5.94. The van der Waals surface area contributed by atoms with E-state index in [1.807, 2.05) is 0 Å². The molecule has 1 unspecified atom stereocenters. The van der Waals surface area contributed by atoms with Gasteiger partial charge in [0.25, 0.3) is 0 Å². The molecule has 0 radical (unpaired) electrons. The van der Waals surface area contributed by atoms with Crippen molar-refractivity contribution in [2.24, 2.45) is 11.1 Å². The van der Waals surface area contributed by atoms with Crippen LogP contribution in [0.3, 0.4) is 0 Å². The van der Waals surface area contributed by atoms with Gasteiger partial charge in [0, 0.05) is 22.4 Å². The quantitative estimate of drug-likeness (QED) is 0.906. The van der Waals surface area contributed by atoms with Crippen LogP contribution in [-0.4, -0.2) is 24.5 Å². The molecule has 0 spiro atoms. The topological polar surface area (TPSA) is 29.3 Å². The summed E-state index contributed by atoms with van der Waals surface area (Å²) in [5, 5.41) is 0. The van der Waals surface area contributed by atoms with Crippen LogP contribution in [-0.2, 0) is 0 Å². The van der Waals surface area contributed by atoms with Crippen molar-refractivity contribution in [1.82, 2.24) is 4.90 Å². The molecule has 0 bridgehead atoms. The van der Waals surface area contributed by atoms with Crippen molar-refractivity contribution in [2.45, 2.75) is 26.3 Å². The first-order valence-electron chi connectivity index (χ1n) is 5.82. The van der Waals surface area contributed by atoms with Gasteiger partial charge in [-0.1, -0.05) is 25.4 Å². The summed E-state index contributed by atoms with van der Waals surface area (Å²) in [4.78, 5) is 3.75. The third kappa shape index (κ3) is 3.04. The van der Waals surface area contributed by atoms with Crippen molar-refractivity contribution in [3.05, 3.63) is 19.8 Å². The lowest BCUT2D eigenvalue weighted by Crippen LogP contribution is -2.32. The van der Waals surface area contributed by atoms with Gasteiger partial charge in [0.05, 0.1) is 6.04 Å². The number of hydrogen-bond donors (Lipinski definition) is 1. The maximum atomic E-state index is 6.11. The Hall–Kier alpha value is 0.390. The monoisotopic (exact) mass is 336 g/mol. The van der Waals surface area contributed by atoms with Crippen LogP contribution in [0.15, 0.2) is 10.5 Å². The molecule has 2 nitrogen and oxygen atoms in total. The molecule has 0 aliphatic carbocycles. The highest BCUT2D eigenvalue weighted by atomic mass is 79.9. The number of rotatable bonds is 3. The Bertz CT molecular complexity index is 386. The maximum absolute atomic E-state index is 6.11. The van der Waals surface area contributed by atoms with Crippen LogP contribution in [0.4, 0.5) is 0 Å². The van der Waals surface area contributed by atoms with E-state index in [-0.39, 0.29) is 0 Å². The van der Waals surface area contributed by atoms with E-state index < -0.39 is 0 Å². The molecule has 1 aliphatic heterocycles. The van der Waals surface area contributed by atoms with Gasteiger partial charge in [-0.25, -0.2) is 0 Å². The Morgan fingerprint density at radius 2 is 2.35 bits per heavy atom. The largest absolute Gasteiger partial charge is 0.329 e. The van der Waals surface area contributed by atoms with Gasteiger partial charge in [-0.2, -0.15) is 0 Å². The van der Waals surface area contributed by atoms with Gasteiger partial charge in [-0.15, -0.1) is 11.3 Å². The normalized spacial score (nSPS) is 21.9. The number of hydrogen-bond acceptors (Lipinski definition) is 3.